The molecule has 0 aliphatic heterocycles. The molecule has 0 spiro atoms. The lowest BCUT2D eigenvalue weighted by molar-refractivity contribution is 0.298. The van der Waals surface area contributed by atoms with Gasteiger partial charge >= 0.3 is 0 Å². The zero-order valence-electron chi connectivity index (χ0n) is 13.1. The van der Waals surface area contributed by atoms with E-state index in [0.29, 0.717) is 5.54 Å². The van der Waals surface area contributed by atoms with E-state index in [1.165, 1.54) is 64.2 Å². The maximum atomic E-state index is 3.82. The van der Waals surface area contributed by atoms with E-state index in [-0.39, 0.29) is 0 Å². The summed E-state index contributed by atoms with van der Waals surface area (Å²) in [5, 5.41) is 3.68. The van der Waals surface area contributed by atoms with Gasteiger partial charge in [-0.25, -0.2) is 0 Å². The van der Waals surface area contributed by atoms with Gasteiger partial charge in [-0.3, -0.25) is 0 Å². The van der Waals surface area contributed by atoms with Crippen molar-refractivity contribution < 1.29 is 0 Å². The third kappa shape index (κ3) is 9.70. The molecule has 1 N–H and O–H groups in total. The smallest absolute Gasteiger partial charge is 0.0156 e. The van der Waals surface area contributed by atoms with Gasteiger partial charge in [0.2, 0.25) is 0 Å². The number of hydrogen-bond acceptors (Lipinski definition) is 1. The SMILES string of the molecule is C=CCNC(C)(CCCCCC)CCCCCC. The van der Waals surface area contributed by atoms with Gasteiger partial charge in [0.1, 0.15) is 0 Å². The molecule has 0 aliphatic rings. The predicted octanol–water partition coefficient (Wildman–Crippen LogP) is 5.46. The molecule has 1 nitrogen and oxygen atoms in total. The molecule has 1 heteroatoms. The first kappa shape index (κ1) is 17.7. The molecule has 0 saturated heterocycles. The molecule has 0 heterocycles. The van der Waals surface area contributed by atoms with Gasteiger partial charge in [-0.15, -0.1) is 6.58 Å². The Morgan fingerprint density at radius 2 is 1.39 bits per heavy atom. The molecular weight excluding hydrogens is 218 g/mol. The fraction of sp³-hybridized carbons (Fsp3) is 0.882. The zero-order valence-corrected chi connectivity index (χ0v) is 13.1. The summed E-state index contributed by atoms with van der Waals surface area (Å²) in [5.41, 5.74) is 0.329. The van der Waals surface area contributed by atoms with Crippen LogP contribution in [0.1, 0.15) is 85.0 Å². The molecular formula is C17H35N. The Bertz CT molecular complexity index is 174. The van der Waals surface area contributed by atoms with E-state index in [9.17, 15) is 0 Å². The van der Waals surface area contributed by atoms with Crippen LogP contribution in [-0.2, 0) is 0 Å². The first-order valence-electron chi connectivity index (χ1n) is 8.04. The zero-order chi connectivity index (χ0) is 13.7. The van der Waals surface area contributed by atoms with Crippen LogP contribution in [0.3, 0.4) is 0 Å². The van der Waals surface area contributed by atoms with Crippen molar-refractivity contribution in [3.8, 4) is 0 Å². The first-order valence-corrected chi connectivity index (χ1v) is 8.04. The van der Waals surface area contributed by atoms with Crippen molar-refractivity contribution in [3.05, 3.63) is 12.7 Å². The molecule has 0 amide bonds. The topological polar surface area (TPSA) is 12.0 Å². The van der Waals surface area contributed by atoms with Gasteiger partial charge in [0, 0.05) is 12.1 Å². The van der Waals surface area contributed by atoms with Crippen LogP contribution in [0.15, 0.2) is 12.7 Å². The van der Waals surface area contributed by atoms with Gasteiger partial charge in [0.25, 0.3) is 0 Å². The van der Waals surface area contributed by atoms with Gasteiger partial charge in [0.15, 0.2) is 0 Å². The second-order valence-electron chi connectivity index (χ2n) is 5.85. The molecule has 0 aliphatic carbocycles. The highest BCUT2D eigenvalue weighted by Crippen LogP contribution is 2.22. The number of unbranched alkanes of at least 4 members (excludes halogenated alkanes) is 6. The summed E-state index contributed by atoms with van der Waals surface area (Å²) in [6.07, 6.45) is 15.5. The molecule has 0 rings (SSSR count). The molecule has 0 aromatic heterocycles. The van der Waals surface area contributed by atoms with Crippen molar-refractivity contribution in [1.29, 1.82) is 0 Å². The highest BCUT2D eigenvalue weighted by atomic mass is 15.0. The fourth-order valence-corrected chi connectivity index (χ4v) is 2.50. The highest BCUT2D eigenvalue weighted by molar-refractivity contribution is 4.86. The summed E-state index contributed by atoms with van der Waals surface area (Å²) in [6, 6.07) is 0. The highest BCUT2D eigenvalue weighted by Gasteiger charge is 2.21. The summed E-state index contributed by atoms with van der Waals surface area (Å²) < 4.78 is 0. The molecule has 108 valence electrons. The van der Waals surface area contributed by atoms with Crippen LogP contribution in [0.25, 0.3) is 0 Å². The molecule has 0 bridgehead atoms. The largest absolute Gasteiger partial charge is 0.308 e. The Hall–Kier alpha value is -0.300. The van der Waals surface area contributed by atoms with E-state index in [0.717, 1.165) is 6.54 Å². The molecule has 0 unspecified atom stereocenters. The minimum atomic E-state index is 0.329. The van der Waals surface area contributed by atoms with Crippen molar-refractivity contribution in [2.24, 2.45) is 0 Å². The average Bonchev–Trinajstić information content (AvgIpc) is 2.38. The van der Waals surface area contributed by atoms with Gasteiger partial charge < -0.3 is 5.32 Å². The molecule has 0 fully saturated rings. The Labute approximate surface area is 115 Å². The number of hydrogen-bond donors (Lipinski definition) is 1. The lowest BCUT2D eigenvalue weighted by atomic mass is 9.88. The Balaban J connectivity index is 3.94. The first-order chi connectivity index (χ1) is 8.68. The Kier molecular flexibility index (Phi) is 11.6. The molecule has 0 aromatic carbocycles. The number of rotatable bonds is 13. The Morgan fingerprint density at radius 3 is 1.78 bits per heavy atom. The maximum Gasteiger partial charge on any atom is 0.0156 e. The lowest BCUT2D eigenvalue weighted by Crippen LogP contribution is -2.42. The normalized spacial score (nSPS) is 11.7. The molecule has 0 saturated carbocycles. The van der Waals surface area contributed by atoms with Crippen LogP contribution in [0, 0.1) is 0 Å². The van der Waals surface area contributed by atoms with E-state index in [1.54, 1.807) is 0 Å². The molecule has 18 heavy (non-hydrogen) atoms. The maximum absolute atomic E-state index is 3.82. The van der Waals surface area contributed by atoms with Crippen molar-refractivity contribution in [3.63, 3.8) is 0 Å². The molecule has 0 radical (unpaired) electrons. The predicted molar refractivity (Wildman–Crippen MR) is 84.1 cm³/mol. The lowest BCUT2D eigenvalue weighted by Gasteiger charge is -2.31. The van der Waals surface area contributed by atoms with E-state index in [4.69, 9.17) is 0 Å². The third-order valence-corrected chi connectivity index (χ3v) is 3.84. The second-order valence-corrected chi connectivity index (χ2v) is 5.85. The molecule has 0 aromatic rings. The van der Waals surface area contributed by atoms with Crippen molar-refractivity contribution in [2.45, 2.75) is 90.5 Å². The van der Waals surface area contributed by atoms with Crippen LogP contribution in [0.5, 0.6) is 0 Å². The van der Waals surface area contributed by atoms with Crippen LogP contribution in [-0.4, -0.2) is 12.1 Å². The van der Waals surface area contributed by atoms with Gasteiger partial charge in [0.05, 0.1) is 0 Å². The van der Waals surface area contributed by atoms with Gasteiger partial charge in [-0.2, -0.15) is 0 Å². The summed E-state index contributed by atoms with van der Waals surface area (Å²) in [5.74, 6) is 0. The Morgan fingerprint density at radius 1 is 0.889 bits per heavy atom. The van der Waals surface area contributed by atoms with Crippen molar-refractivity contribution >= 4 is 0 Å². The van der Waals surface area contributed by atoms with Gasteiger partial charge in [-0.05, 0) is 19.8 Å². The molecule has 0 atom stereocenters. The number of nitrogens with one attached hydrogen (secondary N) is 1. The standard InChI is InChI=1S/C17H35N/c1-5-8-10-12-14-17(4,18-16-7-3)15-13-11-9-6-2/h7,18H,3,5-6,8-16H2,1-2,4H3. The minimum Gasteiger partial charge on any atom is -0.308 e. The minimum absolute atomic E-state index is 0.329. The quantitative estimate of drug-likeness (QED) is 0.339. The average molecular weight is 253 g/mol. The second kappa shape index (κ2) is 11.8. The van der Waals surface area contributed by atoms with Crippen LogP contribution >= 0.6 is 0 Å². The van der Waals surface area contributed by atoms with Crippen LogP contribution < -0.4 is 5.32 Å². The van der Waals surface area contributed by atoms with E-state index in [1.807, 2.05) is 6.08 Å². The monoisotopic (exact) mass is 253 g/mol. The van der Waals surface area contributed by atoms with E-state index in [2.05, 4.69) is 32.7 Å². The fourth-order valence-electron chi connectivity index (χ4n) is 2.50. The van der Waals surface area contributed by atoms with Crippen LogP contribution in [0.2, 0.25) is 0 Å². The summed E-state index contributed by atoms with van der Waals surface area (Å²) in [7, 11) is 0. The summed E-state index contributed by atoms with van der Waals surface area (Å²) in [6.45, 7) is 11.7. The van der Waals surface area contributed by atoms with Gasteiger partial charge in [-0.1, -0.05) is 71.3 Å². The van der Waals surface area contributed by atoms with Crippen LogP contribution in [0.4, 0.5) is 0 Å². The van der Waals surface area contributed by atoms with E-state index < -0.39 is 0 Å². The summed E-state index contributed by atoms with van der Waals surface area (Å²) in [4.78, 5) is 0. The third-order valence-electron chi connectivity index (χ3n) is 3.84. The van der Waals surface area contributed by atoms with Crippen molar-refractivity contribution in [1.82, 2.24) is 5.32 Å². The van der Waals surface area contributed by atoms with Crippen molar-refractivity contribution in [2.75, 3.05) is 6.54 Å². The summed E-state index contributed by atoms with van der Waals surface area (Å²) >= 11 is 0. The van der Waals surface area contributed by atoms with E-state index >= 15 is 0 Å².